The molecule has 2 heteroatoms. The zero-order valence-electron chi connectivity index (χ0n) is 11.4. The van der Waals surface area contributed by atoms with E-state index in [9.17, 15) is 4.79 Å². The molecule has 0 saturated carbocycles. The summed E-state index contributed by atoms with van der Waals surface area (Å²) in [5.74, 6) is 1.25. The van der Waals surface area contributed by atoms with E-state index in [0.717, 1.165) is 24.2 Å². The highest BCUT2D eigenvalue weighted by atomic mass is 16.5. The lowest BCUT2D eigenvalue weighted by molar-refractivity contribution is -0.124. The second-order valence-electron chi connectivity index (χ2n) is 5.27. The zero-order valence-corrected chi connectivity index (χ0v) is 11.4. The normalized spacial score (nSPS) is 17.1. The lowest BCUT2D eigenvalue weighted by Gasteiger charge is -2.24. The second kappa shape index (κ2) is 5.91. The van der Waals surface area contributed by atoms with E-state index in [2.05, 4.69) is 12.1 Å². The molecule has 102 valence electrons. The van der Waals surface area contributed by atoms with E-state index in [1.165, 1.54) is 5.56 Å². The third-order valence-electron chi connectivity index (χ3n) is 3.84. The Hall–Kier alpha value is -2.09. The van der Waals surface area contributed by atoms with Crippen LogP contribution in [0.25, 0.3) is 0 Å². The molecule has 1 atom stereocenters. The van der Waals surface area contributed by atoms with Crippen LogP contribution in [-0.2, 0) is 17.6 Å². The van der Waals surface area contributed by atoms with Crippen molar-refractivity contribution in [3.63, 3.8) is 0 Å². The molecule has 0 spiro atoms. The molecule has 0 aliphatic carbocycles. The fourth-order valence-corrected chi connectivity index (χ4v) is 2.65. The molecule has 0 bridgehead atoms. The van der Waals surface area contributed by atoms with Gasteiger partial charge in [0.15, 0.2) is 0 Å². The van der Waals surface area contributed by atoms with Crippen LogP contribution < -0.4 is 4.74 Å². The van der Waals surface area contributed by atoms with Crippen molar-refractivity contribution in [2.45, 2.75) is 19.3 Å². The molecular formula is C18H18O2. The van der Waals surface area contributed by atoms with E-state index in [1.807, 2.05) is 42.5 Å². The molecule has 2 aromatic rings. The van der Waals surface area contributed by atoms with Crippen LogP contribution in [0.3, 0.4) is 0 Å². The Morgan fingerprint density at radius 1 is 1.05 bits per heavy atom. The average Bonchev–Trinajstić information content (AvgIpc) is 2.53. The number of fused-ring (bicyclic) bond motifs is 1. The zero-order chi connectivity index (χ0) is 13.8. The Morgan fingerprint density at radius 2 is 1.80 bits per heavy atom. The van der Waals surface area contributed by atoms with E-state index >= 15 is 0 Å². The number of carbonyl (C=O) groups excluding carboxylic acids is 1. The molecule has 1 aliphatic rings. The van der Waals surface area contributed by atoms with E-state index in [1.54, 1.807) is 0 Å². The Kier molecular flexibility index (Phi) is 3.82. The number of aryl methyl sites for hydroxylation is 1. The van der Waals surface area contributed by atoms with Crippen LogP contribution >= 0.6 is 0 Å². The monoisotopic (exact) mass is 266 g/mol. The van der Waals surface area contributed by atoms with Crippen molar-refractivity contribution in [2.75, 3.05) is 6.61 Å². The lowest BCUT2D eigenvalue weighted by Crippen LogP contribution is -2.28. The van der Waals surface area contributed by atoms with E-state index in [4.69, 9.17) is 4.74 Å². The van der Waals surface area contributed by atoms with Gasteiger partial charge in [-0.3, -0.25) is 4.79 Å². The van der Waals surface area contributed by atoms with Gasteiger partial charge in [0.1, 0.15) is 11.5 Å². The van der Waals surface area contributed by atoms with Crippen LogP contribution in [-0.4, -0.2) is 12.4 Å². The first-order chi connectivity index (χ1) is 9.83. The Labute approximate surface area is 119 Å². The van der Waals surface area contributed by atoms with Gasteiger partial charge >= 0.3 is 0 Å². The van der Waals surface area contributed by atoms with Gasteiger partial charge in [0.25, 0.3) is 0 Å². The Morgan fingerprint density at radius 3 is 2.65 bits per heavy atom. The summed E-state index contributed by atoms with van der Waals surface area (Å²) in [6.45, 7) is 0.518. The standard InChI is InChI=1S/C18H18O2/c19-17(11-10-14-6-2-1-3-7-14)16-12-15-8-4-5-9-18(15)20-13-16/h1-9,16H,10-13H2. The first-order valence-corrected chi connectivity index (χ1v) is 7.10. The number of rotatable bonds is 4. The molecular weight excluding hydrogens is 248 g/mol. The fraction of sp³-hybridized carbons (Fsp3) is 0.278. The van der Waals surface area contributed by atoms with E-state index < -0.39 is 0 Å². The molecule has 2 nitrogen and oxygen atoms in total. The highest BCUT2D eigenvalue weighted by molar-refractivity contribution is 5.82. The van der Waals surface area contributed by atoms with Crippen molar-refractivity contribution < 1.29 is 9.53 Å². The van der Waals surface area contributed by atoms with Crippen LogP contribution in [0.1, 0.15) is 17.5 Å². The topological polar surface area (TPSA) is 26.3 Å². The van der Waals surface area contributed by atoms with Crippen LogP contribution in [0.15, 0.2) is 54.6 Å². The summed E-state index contributed by atoms with van der Waals surface area (Å²) < 4.78 is 5.69. The molecule has 0 aromatic heterocycles. The molecule has 0 N–H and O–H groups in total. The number of hydrogen-bond donors (Lipinski definition) is 0. The van der Waals surface area contributed by atoms with Crippen LogP contribution in [0, 0.1) is 5.92 Å². The molecule has 2 aromatic carbocycles. The van der Waals surface area contributed by atoms with Crippen molar-refractivity contribution in [3.05, 3.63) is 65.7 Å². The molecule has 0 fully saturated rings. The predicted octanol–water partition coefficient (Wildman–Crippen LogP) is 3.44. The number of ether oxygens (including phenoxy) is 1. The first-order valence-electron chi connectivity index (χ1n) is 7.10. The Balaban J connectivity index is 1.59. The van der Waals surface area contributed by atoms with Gasteiger partial charge in [0.2, 0.25) is 0 Å². The van der Waals surface area contributed by atoms with Crippen molar-refractivity contribution in [1.82, 2.24) is 0 Å². The second-order valence-corrected chi connectivity index (χ2v) is 5.27. The van der Waals surface area contributed by atoms with Crippen molar-refractivity contribution in [3.8, 4) is 5.75 Å². The van der Waals surface area contributed by atoms with Gasteiger partial charge in [-0.2, -0.15) is 0 Å². The molecule has 3 rings (SSSR count). The third kappa shape index (κ3) is 2.90. The van der Waals surface area contributed by atoms with Gasteiger partial charge in [-0.25, -0.2) is 0 Å². The minimum Gasteiger partial charge on any atom is -0.493 e. The van der Waals surface area contributed by atoms with Gasteiger partial charge in [0, 0.05) is 6.42 Å². The summed E-state index contributed by atoms with van der Waals surface area (Å²) in [5.41, 5.74) is 2.37. The summed E-state index contributed by atoms with van der Waals surface area (Å²) in [7, 11) is 0. The maximum Gasteiger partial charge on any atom is 0.140 e. The van der Waals surface area contributed by atoms with E-state index in [-0.39, 0.29) is 5.92 Å². The summed E-state index contributed by atoms with van der Waals surface area (Å²) in [5, 5.41) is 0. The minimum absolute atomic E-state index is 0.00797. The number of carbonyl (C=O) groups is 1. The number of benzene rings is 2. The van der Waals surface area contributed by atoms with Crippen molar-refractivity contribution in [1.29, 1.82) is 0 Å². The smallest absolute Gasteiger partial charge is 0.140 e. The van der Waals surface area contributed by atoms with E-state index in [0.29, 0.717) is 18.8 Å². The number of ketones is 1. The molecule has 20 heavy (non-hydrogen) atoms. The van der Waals surface area contributed by atoms with Crippen LogP contribution in [0.2, 0.25) is 0 Å². The quantitative estimate of drug-likeness (QED) is 0.847. The third-order valence-corrected chi connectivity index (χ3v) is 3.84. The number of Topliss-reactive ketones (excluding diaryl/α,β-unsaturated/α-hetero) is 1. The van der Waals surface area contributed by atoms with Gasteiger partial charge in [-0.05, 0) is 30.0 Å². The van der Waals surface area contributed by atoms with Gasteiger partial charge < -0.3 is 4.74 Å². The minimum atomic E-state index is 0.00797. The average molecular weight is 266 g/mol. The summed E-state index contributed by atoms with van der Waals surface area (Å²) >= 11 is 0. The van der Waals surface area contributed by atoms with Crippen molar-refractivity contribution in [2.24, 2.45) is 5.92 Å². The SMILES string of the molecule is O=C(CCc1ccccc1)C1COc2ccccc2C1. The molecule has 1 aliphatic heterocycles. The summed E-state index contributed by atoms with van der Waals surface area (Å²) in [6, 6.07) is 18.2. The molecule has 1 heterocycles. The number of hydrogen-bond acceptors (Lipinski definition) is 2. The van der Waals surface area contributed by atoms with Crippen molar-refractivity contribution >= 4 is 5.78 Å². The van der Waals surface area contributed by atoms with Gasteiger partial charge in [0.05, 0.1) is 12.5 Å². The van der Waals surface area contributed by atoms with Gasteiger partial charge in [-0.1, -0.05) is 48.5 Å². The molecule has 0 saturated heterocycles. The largest absolute Gasteiger partial charge is 0.493 e. The first kappa shape index (κ1) is 12.9. The maximum absolute atomic E-state index is 12.3. The molecule has 0 amide bonds. The highest BCUT2D eigenvalue weighted by Crippen LogP contribution is 2.27. The van der Waals surface area contributed by atoms with Crippen LogP contribution in [0.4, 0.5) is 0 Å². The maximum atomic E-state index is 12.3. The summed E-state index contributed by atoms with van der Waals surface area (Å²) in [4.78, 5) is 12.3. The molecule has 1 unspecified atom stereocenters. The van der Waals surface area contributed by atoms with Crippen LogP contribution in [0.5, 0.6) is 5.75 Å². The highest BCUT2D eigenvalue weighted by Gasteiger charge is 2.25. The van der Waals surface area contributed by atoms with Gasteiger partial charge in [-0.15, -0.1) is 0 Å². The lowest BCUT2D eigenvalue weighted by atomic mass is 9.90. The summed E-state index contributed by atoms with van der Waals surface area (Å²) in [6.07, 6.45) is 2.22. The molecule has 0 radical (unpaired) electrons. The number of para-hydroxylation sites is 1. The Bertz CT molecular complexity index is 589. The predicted molar refractivity (Wildman–Crippen MR) is 78.9 cm³/mol. The fourth-order valence-electron chi connectivity index (χ4n) is 2.65.